The zero-order valence-corrected chi connectivity index (χ0v) is 17.1. The number of hydrogen-bond acceptors (Lipinski definition) is 4. The lowest BCUT2D eigenvalue weighted by Gasteiger charge is -2.40. The van der Waals surface area contributed by atoms with Crippen LogP contribution in [0, 0.1) is 0 Å². The fraction of sp³-hybridized carbons (Fsp3) is 0.842. The van der Waals surface area contributed by atoms with Gasteiger partial charge >= 0.3 is 5.97 Å². The van der Waals surface area contributed by atoms with Gasteiger partial charge in [-0.1, -0.05) is 39.8 Å². The molecule has 4 atom stereocenters. The van der Waals surface area contributed by atoms with E-state index < -0.39 is 8.32 Å². The highest BCUT2D eigenvalue weighted by molar-refractivity contribution is 6.74. The molecular weight excluding hydrogens is 320 g/mol. The van der Waals surface area contributed by atoms with Crippen LogP contribution >= 0.6 is 0 Å². The number of ether oxygens (including phenoxy) is 2. The van der Waals surface area contributed by atoms with Gasteiger partial charge in [0.2, 0.25) is 0 Å². The largest absolute Gasteiger partial charge is 0.459 e. The first-order valence-corrected chi connectivity index (χ1v) is 12.2. The molecule has 24 heavy (non-hydrogen) atoms. The van der Waals surface area contributed by atoms with Gasteiger partial charge in [-0.25, -0.2) is 0 Å². The minimum Gasteiger partial charge on any atom is -0.459 e. The second kappa shape index (κ2) is 7.71. The van der Waals surface area contributed by atoms with Crippen molar-refractivity contribution >= 4 is 14.3 Å². The molecule has 0 aliphatic carbocycles. The molecule has 0 N–H and O–H groups in total. The lowest BCUT2D eigenvalue weighted by molar-refractivity contribution is -0.149. The molecule has 5 heteroatoms. The second-order valence-corrected chi connectivity index (χ2v) is 13.3. The molecule has 2 rings (SSSR count). The van der Waals surface area contributed by atoms with Gasteiger partial charge in [-0.15, -0.1) is 0 Å². The van der Waals surface area contributed by atoms with E-state index in [2.05, 4.69) is 52.9 Å². The molecule has 2 heterocycles. The van der Waals surface area contributed by atoms with Crippen LogP contribution in [0.15, 0.2) is 12.2 Å². The van der Waals surface area contributed by atoms with Crippen molar-refractivity contribution in [3.05, 3.63) is 12.2 Å². The predicted octanol–water partition coefficient (Wildman–Crippen LogP) is 4.60. The van der Waals surface area contributed by atoms with Crippen molar-refractivity contribution in [3.8, 4) is 0 Å². The number of fused-ring (bicyclic) bond motifs is 1. The number of carbonyl (C=O) groups is 1. The van der Waals surface area contributed by atoms with Crippen LogP contribution in [0.5, 0.6) is 0 Å². The molecule has 0 radical (unpaired) electrons. The summed E-state index contributed by atoms with van der Waals surface area (Å²) in [7, 11) is -1.90. The highest BCUT2D eigenvalue weighted by Crippen LogP contribution is 2.40. The van der Waals surface area contributed by atoms with Gasteiger partial charge in [-0.05, 0) is 37.4 Å². The molecule has 0 aromatic carbocycles. The van der Waals surface area contributed by atoms with E-state index in [0.29, 0.717) is 6.42 Å². The number of carbonyl (C=O) groups excluding carboxylic acids is 1. The van der Waals surface area contributed by atoms with E-state index >= 15 is 0 Å². The maximum absolute atomic E-state index is 11.7. The zero-order chi connectivity index (χ0) is 18.0. The Morgan fingerprint density at radius 3 is 2.67 bits per heavy atom. The average molecular weight is 355 g/mol. The minimum atomic E-state index is -1.90. The molecule has 0 amide bonds. The third kappa shape index (κ3) is 4.70. The van der Waals surface area contributed by atoms with Crippen molar-refractivity contribution in [1.29, 1.82) is 0 Å². The Labute approximate surface area is 148 Å². The summed E-state index contributed by atoms with van der Waals surface area (Å²) in [5, 5.41) is 0.153. The first-order valence-electron chi connectivity index (χ1n) is 9.33. The predicted molar refractivity (Wildman–Crippen MR) is 98.5 cm³/mol. The fourth-order valence-electron chi connectivity index (χ4n) is 3.04. The van der Waals surface area contributed by atoms with Gasteiger partial charge in [-0.3, -0.25) is 4.79 Å². The van der Waals surface area contributed by atoms with Crippen molar-refractivity contribution in [2.45, 2.75) is 102 Å². The quantitative estimate of drug-likeness (QED) is 0.411. The first kappa shape index (κ1) is 19.7. The maximum Gasteiger partial charge on any atom is 0.306 e. The lowest BCUT2D eigenvalue weighted by atomic mass is 10.0. The van der Waals surface area contributed by atoms with E-state index in [1.54, 1.807) is 0 Å². The van der Waals surface area contributed by atoms with E-state index in [4.69, 9.17) is 13.9 Å². The molecule has 2 aliphatic rings. The van der Waals surface area contributed by atoms with Crippen molar-refractivity contribution in [1.82, 2.24) is 0 Å². The Balaban J connectivity index is 2.11. The van der Waals surface area contributed by atoms with E-state index in [0.717, 1.165) is 25.7 Å². The molecule has 0 saturated carbocycles. The van der Waals surface area contributed by atoms with Gasteiger partial charge in [0.15, 0.2) is 8.32 Å². The minimum absolute atomic E-state index is 0.0252. The maximum atomic E-state index is 11.7. The van der Waals surface area contributed by atoms with Gasteiger partial charge in [0.05, 0.1) is 18.3 Å². The van der Waals surface area contributed by atoms with Crippen molar-refractivity contribution in [2.75, 3.05) is 0 Å². The topological polar surface area (TPSA) is 44.8 Å². The summed E-state index contributed by atoms with van der Waals surface area (Å²) in [5.41, 5.74) is 0. The summed E-state index contributed by atoms with van der Waals surface area (Å²) >= 11 is 0. The van der Waals surface area contributed by atoms with Gasteiger partial charge in [-0.2, -0.15) is 0 Å². The monoisotopic (exact) mass is 354 g/mol. The summed E-state index contributed by atoms with van der Waals surface area (Å²) in [6.45, 7) is 13.4. The van der Waals surface area contributed by atoms with Crippen LogP contribution in [0.4, 0.5) is 0 Å². The summed E-state index contributed by atoms with van der Waals surface area (Å²) in [6, 6.07) is 0. The van der Waals surface area contributed by atoms with E-state index in [1.807, 2.05) is 0 Å². The summed E-state index contributed by atoms with van der Waals surface area (Å²) in [4.78, 5) is 11.7. The first-order chi connectivity index (χ1) is 11.1. The third-order valence-electron chi connectivity index (χ3n) is 5.55. The molecular formula is C19H34O4Si. The molecule has 0 spiro atoms. The standard InChI is InChI=1S/C19H34O4Si/c1-7-8-10-15(23-24(5,6)19(2,3)4)17-13-16-14(21-17)11-9-12-18(20)22-16/h8,10,14-17H,7,9,11-13H2,1-6H3/b10-8+. The molecule has 4 unspecified atom stereocenters. The van der Waals surface area contributed by atoms with Gasteiger partial charge < -0.3 is 13.9 Å². The Hall–Kier alpha value is -0.653. The van der Waals surface area contributed by atoms with Gasteiger partial charge in [0.1, 0.15) is 6.10 Å². The highest BCUT2D eigenvalue weighted by atomic mass is 28.4. The molecule has 0 aromatic rings. The summed E-state index contributed by atoms with van der Waals surface area (Å²) in [6.07, 6.45) is 8.13. The van der Waals surface area contributed by atoms with E-state index in [-0.39, 0.29) is 35.4 Å². The van der Waals surface area contributed by atoms with Crippen LogP contribution in [0.1, 0.15) is 59.8 Å². The van der Waals surface area contributed by atoms with Crippen LogP contribution < -0.4 is 0 Å². The molecule has 0 aromatic heterocycles. The summed E-state index contributed by atoms with van der Waals surface area (Å²) < 4.78 is 18.5. The van der Waals surface area contributed by atoms with Crippen molar-refractivity contribution < 1.29 is 18.7 Å². The lowest BCUT2D eigenvalue weighted by Crippen LogP contribution is -2.46. The second-order valence-electron chi connectivity index (χ2n) is 8.55. The van der Waals surface area contributed by atoms with Gasteiger partial charge in [0, 0.05) is 12.8 Å². The smallest absolute Gasteiger partial charge is 0.306 e. The fourth-order valence-corrected chi connectivity index (χ4v) is 4.30. The normalized spacial score (nSPS) is 30.1. The van der Waals surface area contributed by atoms with Crippen LogP contribution in [0.2, 0.25) is 18.1 Å². The van der Waals surface area contributed by atoms with E-state index in [9.17, 15) is 4.79 Å². The highest BCUT2D eigenvalue weighted by Gasteiger charge is 2.45. The Morgan fingerprint density at radius 2 is 2.04 bits per heavy atom. The molecule has 0 bridgehead atoms. The van der Waals surface area contributed by atoms with Gasteiger partial charge in [0.25, 0.3) is 0 Å². The number of hydrogen-bond donors (Lipinski definition) is 0. The number of allylic oxidation sites excluding steroid dienone is 1. The Bertz CT molecular complexity index is 466. The molecule has 2 aliphatic heterocycles. The number of rotatable bonds is 5. The van der Waals surface area contributed by atoms with Crippen molar-refractivity contribution in [3.63, 3.8) is 0 Å². The van der Waals surface area contributed by atoms with Crippen LogP contribution in [-0.4, -0.2) is 38.7 Å². The van der Waals surface area contributed by atoms with Crippen LogP contribution in [-0.2, 0) is 18.7 Å². The summed E-state index contributed by atoms with van der Waals surface area (Å²) in [5.74, 6) is -0.0854. The van der Waals surface area contributed by atoms with Crippen LogP contribution in [0.3, 0.4) is 0 Å². The van der Waals surface area contributed by atoms with Crippen LogP contribution in [0.25, 0.3) is 0 Å². The third-order valence-corrected chi connectivity index (χ3v) is 10.0. The number of esters is 1. The van der Waals surface area contributed by atoms with E-state index in [1.165, 1.54) is 0 Å². The zero-order valence-electron chi connectivity index (χ0n) is 16.1. The SMILES string of the molecule is CC/C=C/C(O[Si](C)(C)C(C)(C)C)C1CC2OC(=O)CCCC2O1. The molecule has 2 saturated heterocycles. The molecule has 138 valence electrons. The van der Waals surface area contributed by atoms with Crippen molar-refractivity contribution in [2.24, 2.45) is 0 Å². The Kier molecular flexibility index (Phi) is 6.32. The average Bonchev–Trinajstić information content (AvgIpc) is 2.77. The molecule has 4 nitrogen and oxygen atoms in total. The Morgan fingerprint density at radius 1 is 1.33 bits per heavy atom. The molecule has 2 fully saturated rings.